The molecule has 0 saturated carbocycles. The van der Waals surface area contributed by atoms with E-state index in [2.05, 4.69) is 68.5 Å². The minimum Gasteiger partial charge on any atom is -0.327 e. The van der Waals surface area contributed by atoms with Gasteiger partial charge >= 0.3 is 0 Å². The molecule has 3 aromatic rings. The van der Waals surface area contributed by atoms with Crippen LogP contribution >= 0.6 is 15.9 Å². The van der Waals surface area contributed by atoms with Crippen molar-refractivity contribution in [3.63, 3.8) is 0 Å². The summed E-state index contributed by atoms with van der Waals surface area (Å²) in [6.07, 6.45) is 3.81. The lowest BCUT2D eigenvalue weighted by Gasteiger charge is -2.10. The Labute approximate surface area is 132 Å². The highest BCUT2D eigenvalue weighted by molar-refractivity contribution is 9.10. The molecule has 2 nitrogen and oxygen atoms in total. The Balaban J connectivity index is 1.90. The summed E-state index contributed by atoms with van der Waals surface area (Å²) in [4.78, 5) is 4.47. The van der Waals surface area contributed by atoms with Crippen molar-refractivity contribution in [3.8, 4) is 0 Å². The van der Waals surface area contributed by atoms with Crippen LogP contribution < -0.4 is 0 Å². The van der Waals surface area contributed by atoms with Gasteiger partial charge in [0.2, 0.25) is 0 Å². The highest BCUT2D eigenvalue weighted by Crippen LogP contribution is 2.23. The van der Waals surface area contributed by atoms with Gasteiger partial charge in [-0.15, -0.1) is 0 Å². The number of aromatic nitrogens is 2. The van der Waals surface area contributed by atoms with Gasteiger partial charge in [-0.2, -0.15) is 0 Å². The lowest BCUT2D eigenvalue weighted by atomic mass is 10.1. The van der Waals surface area contributed by atoms with Gasteiger partial charge in [-0.05, 0) is 23.3 Å². The second kappa shape index (κ2) is 6.10. The van der Waals surface area contributed by atoms with Crippen LogP contribution in [-0.4, -0.2) is 9.55 Å². The van der Waals surface area contributed by atoms with Gasteiger partial charge in [0.1, 0.15) is 5.82 Å². The Morgan fingerprint density at radius 3 is 2.67 bits per heavy atom. The van der Waals surface area contributed by atoms with Gasteiger partial charge in [0.25, 0.3) is 0 Å². The predicted octanol–water partition coefficient (Wildman–Crippen LogP) is 4.76. The molecule has 21 heavy (non-hydrogen) atoms. The number of benzene rings is 2. The number of imidazole rings is 1. The van der Waals surface area contributed by atoms with Gasteiger partial charge < -0.3 is 4.57 Å². The van der Waals surface area contributed by atoms with E-state index in [0.29, 0.717) is 0 Å². The van der Waals surface area contributed by atoms with Crippen LogP contribution in [0.25, 0.3) is 5.57 Å². The van der Waals surface area contributed by atoms with Gasteiger partial charge in [0, 0.05) is 29.0 Å². The molecule has 0 fully saturated rings. The largest absolute Gasteiger partial charge is 0.327 e. The molecule has 104 valence electrons. The van der Waals surface area contributed by atoms with E-state index in [1.165, 1.54) is 5.56 Å². The molecule has 0 aliphatic heterocycles. The Bertz CT molecular complexity index is 760. The quantitative estimate of drug-likeness (QED) is 0.670. The zero-order valence-electron chi connectivity index (χ0n) is 11.5. The van der Waals surface area contributed by atoms with E-state index in [1.54, 1.807) is 0 Å². The van der Waals surface area contributed by atoms with Crippen LogP contribution in [0, 0.1) is 0 Å². The average molecular weight is 339 g/mol. The summed E-state index contributed by atoms with van der Waals surface area (Å²) in [6.45, 7) is 5.00. The number of hydrogen-bond donors (Lipinski definition) is 0. The number of halogens is 1. The van der Waals surface area contributed by atoms with Gasteiger partial charge in [-0.1, -0.05) is 65.0 Å². The zero-order chi connectivity index (χ0) is 14.7. The second-order valence-corrected chi connectivity index (χ2v) is 5.77. The molecule has 0 saturated heterocycles. The normalized spacial score (nSPS) is 10.5. The van der Waals surface area contributed by atoms with Crippen molar-refractivity contribution in [1.82, 2.24) is 9.55 Å². The van der Waals surface area contributed by atoms with Crippen molar-refractivity contribution in [2.75, 3.05) is 0 Å². The third-order valence-electron chi connectivity index (χ3n) is 3.35. The molecule has 3 heteroatoms. The van der Waals surface area contributed by atoms with Crippen LogP contribution in [0.4, 0.5) is 0 Å². The lowest BCUT2D eigenvalue weighted by Crippen LogP contribution is -2.04. The number of hydrogen-bond acceptors (Lipinski definition) is 1. The van der Waals surface area contributed by atoms with Crippen molar-refractivity contribution in [2.45, 2.75) is 6.54 Å². The minimum atomic E-state index is 0.795. The molecule has 0 aliphatic rings. The first-order chi connectivity index (χ1) is 10.2. The summed E-state index contributed by atoms with van der Waals surface area (Å²) in [6, 6.07) is 18.5. The molecule has 0 atom stereocenters. The first kappa shape index (κ1) is 13.8. The van der Waals surface area contributed by atoms with E-state index in [9.17, 15) is 0 Å². The van der Waals surface area contributed by atoms with Crippen molar-refractivity contribution >= 4 is 21.5 Å². The summed E-state index contributed by atoms with van der Waals surface area (Å²) >= 11 is 3.50. The summed E-state index contributed by atoms with van der Waals surface area (Å²) in [5.41, 5.74) is 3.25. The lowest BCUT2D eigenvalue weighted by molar-refractivity contribution is 0.783. The van der Waals surface area contributed by atoms with E-state index >= 15 is 0 Å². The fourth-order valence-electron chi connectivity index (χ4n) is 2.29. The molecule has 1 heterocycles. The van der Waals surface area contributed by atoms with Crippen LogP contribution in [0.5, 0.6) is 0 Å². The molecular formula is C18H15BrN2. The molecule has 0 bridgehead atoms. The predicted molar refractivity (Wildman–Crippen MR) is 90.0 cm³/mol. The Morgan fingerprint density at radius 2 is 1.90 bits per heavy atom. The van der Waals surface area contributed by atoms with Crippen LogP contribution in [-0.2, 0) is 6.54 Å². The van der Waals surface area contributed by atoms with E-state index in [0.717, 1.165) is 28.0 Å². The molecule has 0 radical (unpaired) electrons. The first-order valence-corrected chi connectivity index (χ1v) is 7.53. The van der Waals surface area contributed by atoms with E-state index in [4.69, 9.17) is 0 Å². The molecule has 0 amide bonds. The van der Waals surface area contributed by atoms with E-state index < -0.39 is 0 Å². The standard InChI is InChI=1S/C18H15BrN2/c1-14(16-8-5-9-17(19)12-16)18-20-10-11-21(18)13-15-6-3-2-4-7-15/h2-12H,1,13H2. The second-order valence-electron chi connectivity index (χ2n) is 4.85. The maximum atomic E-state index is 4.47. The molecule has 1 aromatic heterocycles. The fourth-order valence-corrected chi connectivity index (χ4v) is 2.69. The maximum absolute atomic E-state index is 4.47. The smallest absolute Gasteiger partial charge is 0.140 e. The van der Waals surface area contributed by atoms with Gasteiger partial charge in [-0.25, -0.2) is 4.98 Å². The number of rotatable bonds is 4. The van der Waals surface area contributed by atoms with E-state index in [-0.39, 0.29) is 0 Å². The minimum absolute atomic E-state index is 0.795. The van der Waals surface area contributed by atoms with Crippen molar-refractivity contribution in [2.24, 2.45) is 0 Å². The van der Waals surface area contributed by atoms with E-state index in [1.807, 2.05) is 30.6 Å². The van der Waals surface area contributed by atoms with Crippen molar-refractivity contribution < 1.29 is 0 Å². The number of nitrogens with zero attached hydrogens (tertiary/aromatic N) is 2. The summed E-state index contributed by atoms with van der Waals surface area (Å²) in [5, 5.41) is 0. The van der Waals surface area contributed by atoms with Gasteiger partial charge in [0.05, 0.1) is 0 Å². The Hall–Kier alpha value is -2.13. The fraction of sp³-hybridized carbons (Fsp3) is 0.0556. The molecule has 0 unspecified atom stereocenters. The van der Waals surface area contributed by atoms with Crippen LogP contribution in [0.1, 0.15) is 17.0 Å². The molecule has 0 N–H and O–H groups in total. The summed E-state index contributed by atoms with van der Waals surface area (Å²) < 4.78 is 3.17. The Morgan fingerprint density at radius 1 is 1.10 bits per heavy atom. The average Bonchev–Trinajstić information content (AvgIpc) is 2.95. The molecular weight excluding hydrogens is 324 g/mol. The highest BCUT2D eigenvalue weighted by atomic mass is 79.9. The molecule has 2 aromatic carbocycles. The maximum Gasteiger partial charge on any atom is 0.140 e. The van der Waals surface area contributed by atoms with Crippen molar-refractivity contribution in [1.29, 1.82) is 0 Å². The zero-order valence-corrected chi connectivity index (χ0v) is 13.1. The summed E-state index contributed by atoms with van der Waals surface area (Å²) in [7, 11) is 0. The van der Waals surface area contributed by atoms with Gasteiger partial charge in [-0.3, -0.25) is 0 Å². The first-order valence-electron chi connectivity index (χ1n) is 6.74. The monoisotopic (exact) mass is 338 g/mol. The SMILES string of the molecule is C=C(c1cccc(Br)c1)c1nccn1Cc1ccccc1. The topological polar surface area (TPSA) is 17.8 Å². The molecule has 3 rings (SSSR count). The summed E-state index contributed by atoms with van der Waals surface area (Å²) in [5.74, 6) is 0.900. The van der Waals surface area contributed by atoms with Gasteiger partial charge in [0.15, 0.2) is 0 Å². The highest BCUT2D eigenvalue weighted by Gasteiger charge is 2.09. The third kappa shape index (κ3) is 3.14. The van der Waals surface area contributed by atoms with Crippen molar-refractivity contribution in [3.05, 3.63) is 95.0 Å². The third-order valence-corrected chi connectivity index (χ3v) is 3.85. The Kier molecular flexibility index (Phi) is 4.02. The molecule has 0 spiro atoms. The van der Waals surface area contributed by atoms with Crippen LogP contribution in [0.3, 0.4) is 0 Å². The van der Waals surface area contributed by atoms with Crippen LogP contribution in [0.15, 0.2) is 78.0 Å². The molecule has 0 aliphatic carbocycles. The van der Waals surface area contributed by atoms with Crippen LogP contribution in [0.2, 0.25) is 0 Å².